The van der Waals surface area contributed by atoms with Crippen molar-refractivity contribution in [2.45, 2.75) is 37.8 Å². The van der Waals surface area contributed by atoms with Crippen molar-refractivity contribution in [2.24, 2.45) is 0 Å². The third-order valence-corrected chi connectivity index (χ3v) is 5.82. The number of ketones is 1. The zero-order chi connectivity index (χ0) is 24.2. The average Bonchev–Trinajstić information content (AvgIpc) is 2.76. The lowest BCUT2D eigenvalue weighted by atomic mass is 10.0. The molecule has 176 valence electrons. The van der Waals surface area contributed by atoms with Crippen LogP contribution in [0, 0.1) is 0 Å². The van der Waals surface area contributed by atoms with E-state index < -0.39 is 24.0 Å². The van der Waals surface area contributed by atoms with Crippen LogP contribution in [0.3, 0.4) is 0 Å². The Kier molecular flexibility index (Phi) is 10.6. The van der Waals surface area contributed by atoms with Crippen molar-refractivity contribution in [2.75, 3.05) is 18.3 Å². The van der Waals surface area contributed by atoms with Crippen molar-refractivity contribution in [3.05, 3.63) is 71.8 Å². The molecule has 2 aromatic rings. The van der Waals surface area contributed by atoms with Crippen LogP contribution in [0.5, 0.6) is 0 Å². The molecule has 0 spiro atoms. The summed E-state index contributed by atoms with van der Waals surface area (Å²) in [5.41, 5.74) is 1.64. The minimum atomic E-state index is -1.21. The number of carboxylic acids is 1. The lowest BCUT2D eigenvalue weighted by Crippen LogP contribution is -2.52. The molecule has 0 radical (unpaired) electrons. The molecule has 0 unspecified atom stereocenters. The Hall–Kier alpha value is -3.13. The van der Waals surface area contributed by atoms with Crippen molar-refractivity contribution in [1.82, 2.24) is 10.6 Å². The van der Waals surface area contributed by atoms with Gasteiger partial charge in [-0.1, -0.05) is 60.7 Å². The number of rotatable bonds is 13. The number of Topliss-reactive ketones (excluding diaryl/α,β-unsaturated/α-hetero) is 1. The molecule has 0 aromatic heterocycles. The maximum atomic E-state index is 13.0. The molecule has 0 saturated heterocycles. The number of carbonyl (C=O) groups excluding carboxylic acids is 3. The first-order chi connectivity index (χ1) is 15.7. The predicted octanol–water partition coefficient (Wildman–Crippen LogP) is 1.75. The van der Waals surface area contributed by atoms with Crippen molar-refractivity contribution in [3.8, 4) is 0 Å². The number of hydrogen-bond acceptors (Lipinski definition) is 4. The summed E-state index contributed by atoms with van der Waals surface area (Å²) in [7, 11) is -0.0673. The summed E-state index contributed by atoms with van der Waals surface area (Å²) >= 11 is 0. The molecule has 2 aromatic carbocycles. The highest BCUT2D eigenvalue weighted by atomic mass is 32.2. The summed E-state index contributed by atoms with van der Waals surface area (Å²) < 4.78 is 0. The van der Waals surface area contributed by atoms with Gasteiger partial charge >= 0.3 is 5.97 Å². The Balaban J connectivity index is 2.07. The highest BCUT2D eigenvalue weighted by Crippen LogP contribution is 2.07. The number of amides is 2. The molecule has 0 aliphatic heterocycles. The summed E-state index contributed by atoms with van der Waals surface area (Å²) in [5.74, 6) is -1.77. The van der Waals surface area contributed by atoms with Gasteiger partial charge in [-0.15, -0.1) is 0 Å². The van der Waals surface area contributed by atoms with E-state index in [-0.39, 0.29) is 48.3 Å². The highest BCUT2D eigenvalue weighted by Gasteiger charge is 2.27. The third kappa shape index (κ3) is 9.91. The maximum Gasteiger partial charge on any atom is 0.326 e. The second-order valence-corrected chi connectivity index (χ2v) is 10.3. The molecule has 0 aliphatic carbocycles. The standard InChI is InChI=1S/C25H30N2O5S/c1-33(2)17-20(28)13-14-21(25(31)32)27-24(30)22(15-18-9-5-3-6-10-18)26-23(29)16-19-11-7-4-8-12-19/h3-12,21-22H,13-17H2,1-2H3,(H2-,26,27,29,30,31,32)/p+1/t21-,22-/m0/s1. The van der Waals surface area contributed by atoms with Crippen LogP contribution in [-0.4, -0.2) is 59.0 Å². The molecule has 0 heterocycles. The third-order valence-electron chi connectivity index (χ3n) is 4.92. The fraction of sp³-hybridized carbons (Fsp3) is 0.360. The zero-order valence-corrected chi connectivity index (χ0v) is 19.8. The van der Waals surface area contributed by atoms with Gasteiger partial charge in [-0.25, -0.2) is 4.79 Å². The van der Waals surface area contributed by atoms with Gasteiger partial charge in [0.05, 0.1) is 18.9 Å². The molecule has 33 heavy (non-hydrogen) atoms. The van der Waals surface area contributed by atoms with Crippen LogP contribution >= 0.6 is 0 Å². The van der Waals surface area contributed by atoms with Crippen LogP contribution in [-0.2, 0) is 42.9 Å². The molecule has 2 amide bonds. The van der Waals surface area contributed by atoms with Crippen LogP contribution in [0.15, 0.2) is 60.7 Å². The number of carbonyl (C=O) groups is 4. The van der Waals surface area contributed by atoms with Crippen LogP contribution in [0.2, 0.25) is 0 Å². The van der Waals surface area contributed by atoms with Gasteiger partial charge in [-0.2, -0.15) is 0 Å². The van der Waals surface area contributed by atoms with Gasteiger partial charge in [0, 0.05) is 12.8 Å². The largest absolute Gasteiger partial charge is 0.480 e. The number of carboxylic acid groups (broad SMARTS) is 1. The number of benzene rings is 2. The second-order valence-electron chi connectivity index (χ2n) is 8.08. The molecule has 2 atom stereocenters. The topological polar surface area (TPSA) is 113 Å². The fourth-order valence-electron chi connectivity index (χ4n) is 3.31. The SMILES string of the molecule is C[S+](C)CC(=O)CC[C@H](NC(=O)[C@H](Cc1ccccc1)NC(=O)Cc1ccccc1)C(=O)O. The maximum absolute atomic E-state index is 13.0. The fourth-order valence-corrected chi connectivity index (χ4v) is 4.10. The van der Waals surface area contributed by atoms with Gasteiger partial charge in [0.2, 0.25) is 11.8 Å². The van der Waals surface area contributed by atoms with E-state index in [4.69, 9.17) is 0 Å². The van der Waals surface area contributed by atoms with Crippen LogP contribution < -0.4 is 10.6 Å². The minimum Gasteiger partial charge on any atom is -0.480 e. The second kappa shape index (κ2) is 13.4. The Labute approximate surface area is 197 Å². The van der Waals surface area contributed by atoms with E-state index in [1.807, 2.05) is 73.2 Å². The van der Waals surface area contributed by atoms with E-state index in [0.717, 1.165) is 11.1 Å². The summed E-state index contributed by atoms with van der Waals surface area (Å²) in [6.07, 6.45) is 4.29. The first-order valence-electron chi connectivity index (χ1n) is 10.7. The van der Waals surface area contributed by atoms with E-state index in [2.05, 4.69) is 10.6 Å². The molecule has 0 bridgehead atoms. The molecule has 0 saturated carbocycles. The number of hydrogen-bond donors (Lipinski definition) is 3. The predicted molar refractivity (Wildman–Crippen MR) is 130 cm³/mol. The van der Waals surface area contributed by atoms with Gasteiger partial charge in [-0.05, 0) is 28.4 Å². The minimum absolute atomic E-state index is 0.00707. The van der Waals surface area contributed by atoms with Crippen LogP contribution in [0.4, 0.5) is 0 Å². The molecular formula is C25H31N2O5S+. The average molecular weight is 472 g/mol. The monoisotopic (exact) mass is 471 g/mol. The van der Waals surface area contributed by atoms with Gasteiger partial charge in [0.15, 0.2) is 11.5 Å². The van der Waals surface area contributed by atoms with Crippen molar-refractivity contribution < 1.29 is 24.3 Å². The Morgan fingerprint density at radius 3 is 1.97 bits per heavy atom. The first-order valence-corrected chi connectivity index (χ1v) is 12.9. The summed E-state index contributed by atoms with van der Waals surface area (Å²) in [6.45, 7) is 0. The van der Waals surface area contributed by atoms with Gasteiger partial charge in [0.1, 0.15) is 12.1 Å². The van der Waals surface area contributed by atoms with Gasteiger partial charge in [-0.3, -0.25) is 14.4 Å². The highest BCUT2D eigenvalue weighted by molar-refractivity contribution is 7.96. The smallest absolute Gasteiger partial charge is 0.326 e. The number of aliphatic carboxylic acids is 1. The Bertz CT molecular complexity index is 934. The molecule has 2 rings (SSSR count). The van der Waals surface area contributed by atoms with Crippen LogP contribution in [0.1, 0.15) is 24.0 Å². The zero-order valence-electron chi connectivity index (χ0n) is 19.0. The lowest BCUT2D eigenvalue weighted by Gasteiger charge is -2.21. The normalized spacial score (nSPS) is 12.6. The molecule has 3 N–H and O–H groups in total. The quantitative estimate of drug-likeness (QED) is 0.385. The summed E-state index contributed by atoms with van der Waals surface area (Å²) in [4.78, 5) is 49.3. The van der Waals surface area contributed by atoms with Crippen molar-refractivity contribution in [1.29, 1.82) is 0 Å². The Morgan fingerprint density at radius 1 is 0.848 bits per heavy atom. The number of nitrogens with one attached hydrogen (secondary N) is 2. The van der Waals surface area contributed by atoms with E-state index >= 15 is 0 Å². The van der Waals surface area contributed by atoms with Gasteiger partial charge < -0.3 is 15.7 Å². The molecular weight excluding hydrogens is 440 g/mol. The summed E-state index contributed by atoms with van der Waals surface area (Å²) in [6, 6.07) is 16.2. The van der Waals surface area contributed by atoms with Crippen LogP contribution in [0.25, 0.3) is 0 Å². The first kappa shape index (κ1) is 26.1. The molecule has 7 nitrogen and oxygen atoms in total. The Morgan fingerprint density at radius 2 is 1.42 bits per heavy atom. The van der Waals surface area contributed by atoms with E-state index in [1.165, 1.54) is 0 Å². The van der Waals surface area contributed by atoms with E-state index in [9.17, 15) is 24.3 Å². The summed E-state index contributed by atoms with van der Waals surface area (Å²) in [5, 5.41) is 14.8. The van der Waals surface area contributed by atoms with Crippen molar-refractivity contribution in [3.63, 3.8) is 0 Å². The molecule has 0 aliphatic rings. The lowest BCUT2D eigenvalue weighted by molar-refractivity contribution is -0.142. The molecule has 0 fully saturated rings. The molecule has 8 heteroatoms. The van der Waals surface area contributed by atoms with Gasteiger partial charge in [0.25, 0.3) is 0 Å². The van der Waals surface area contributed by atoms with E-state index in [1.54, 1.807) is 0 Å². The van der Waals surface area contributed by atoms with Crippen molar-refractivity contribution >= 4 is 34.5 Å². The van der Waals surface area contributed by atoms with E-state index in [0.29, 0.717) is 5.75 Å².